The van der Waals surface area contributed by atoms with Gasteiger partial charge in [-0.1, -0.05) is 18.2 Å². The van der Waals surface area contributed by atoms with Gasteiger partial charge in [-0.05, 0) is 35.2 Å². The normalized spacial score (nSPS) is 10.3. The monoisotopic (exact) mass is 399 g/mol. The molecule has 0 unspecified atom stereocenters. The lowest BCUT2D eigenvalue weighted by atomic mass is 10.1. The van der Waals surface area contributed by atoms with Crippen LogP contribution in [0.3, 0.4) is 0 Å². The number of carbonyl (C=O) groups is 2. The zero-order valence-electron chi connectivity index (χ0n) is 14.3. The molecule has 3 aromatic rings. The number of thiophene rings is 1. The number of halogens is 1. The fourth-order valence-corrected chi connectivity index (χ4v) is 3.01. The first-order valence-corrected chi connectivity index (χ1v) is 8.98. The average molecular weight is 399 g/mol. The standard InChI is InChI=1S/C19H14FN3O4S/c20-15-8-7-14(23(26)27)10-16(15)22-18(24)13-5-3-12(4-6-13)11-21-19(25)17-2-1-9-28-17/h1-10H,11H2,(H,21,25)(H,22,24). The van der Waals surface area contributed by atoms with Gasteiger partial charge >= 0.3 is 0 Å². The van der Waals surface area contributed by atoms with Gasteiger partial charge in [0.15, 0.2) is 0 Å². The maximum Gasteiger partial charge on any atom is 0.271 e. The molecule has 0 radical (unpaired) electrons. The molecular weight excluding hydrogens is 385 g/mol. The predicted molar refractivity (Wildman–Crippen MR) is 103 cm³/mol. The Morgan fingerprint density at radius 1 is 1.07 bits per heavy atom. The van der Waals surface area contributed by atoms with Gasteiger partial charge in [0.05, 0.1) is 15.5 Å². The van der Waals surface area contributed by atoms with Crippen molar-refractivity contribution >= 4 is 34.5 Å². The van der Waals surface area contributed by atoms with Gasteiger partial charge in [-0.3, -0.25) is 19.7 Å². The minimum Gasteiger partial charge on any atom is -0.347 e. The molecule has 2 aromatic carbocycles. The smallest absolute Gasteiger partial charge is 0.271 e. The summed E-state index contributed by atoms with van der Waals surface area (Å²) in [5.74, 6) is -1.56. The molecule has 28 heavy (non-hydrogen) atoms. The molecule has 0 aliphatic rings. The highest BCUT2D eigenvalue weighted by molar-refractivity contribution is 7.12. The van der Waals surface area contributed by atoms with Crippen LogP contribution >= 0.6 is 11.3 Å². The van der Waals surface area contributed by atoms with E-state index in [1.54, 1.807) is 24.3 Å². The molecule has 0 saturated carbocycles. The van der Waals surface area contributed by atoms with Gasteiger partial charge in [0.25, 0.3) is 17.5 Å². The van der Waals surface area contributed by atoms with Crippen molar-refractivity contribution in [2.75, 3.05) is 5.32 Å². The second kappa shape index (κ2) is 8.40. The van der Waals surface area contributed by atoms with Gasteiger partial charge in [0.2, 0.25) is 0 Å². The number of carbonyl (C=O) groups excluding carboxylic acids is 2. The first-order valence-electron chi connectivity index (χ1n) is 8.10. The van der Waals surface area contributed by atoms with Crippen LogP contribution in [-0.4, -0.2) is 16.7 Å². The van der Waals surface area contributed by atoms with Gasteiger partial charge in [-0.2, -0.15) is 0 Å². The number of benzene rings is 2. The van der Waals surface area contributed by atoms with Crippen molar-refractivity contribution in [3.63, 3.8) is 0 Å². The molecule has 0 aliphatic carbocycles. The van der Waals surface area contributed by atoms with Crippen LogP contribution in [0.5, 0.6) is 0 Å². The Morgan fingerprint density at radius 2 is 1.82 bits per heavy atom. The summed E-state index contributed by atoms with van der Waals surface area (Å²) in [6.07, 6.45) is 0. The number of nitro groups is 1. The summed E-state index contributed by atoms with van der Waals surface area (Å²) in [5, 5.41) is 17.7. The molecule has 0 aliphatic heterocycles. The zero-order chi connectivity index (χ0) is 20.1. The Bertz CT molecular complexity index is 1020. The fraction of sp³-hybridized carbons (Fsp3) is 0.0526. The highest BCUT2D eigenvalue weighted by Crippen LogP contribution is 2.22. The third-order valence-electron chi connectivity index (χ3n) is 3.82. The number of nitrogens with one attached hydrogen (secondary N) is 2. The van der Waals surface area contributed by atoms with Crippen LogP contribution in [0.4, 0.5) is 15.8 Å². The molecule has 142 valence electrons. The van der Waals surface area contributed by atoms with E-state index >= 15 is 0 Å². The number of hydrogen-bond acceptors (Lipinski definition) is 5. The minimum absolute atomic E-state index is 0.182. The van der Waals surface area contributed by atoms with Crippen LogP contribution in [0.1, 0.15) is 25.6 Å². The number of non-ortho nitro benzene ring substituents is 1. The molecule has 1 heterocycles. The van der Waals surface area contributed by atoms with E-state index in [-0.39, 0.29) is 29.4 Å². The fourth-order valence-electron chi connectivity index (χ4n) is 2.37. The quantitative estimate of drug-likeness (QED) is 0.484. The number of nitrogens with zero attached hydrogens (tertiary/aromatic N) is 1. The van der Waals surface area contributed by atoms with Crippen LogP contribution < -0.4 is 10.6 Å². The second-order valence-corrected chi connectivity index (χ2v) is 6.68. The first-order chi connectivity index (χ1) is 13.4. The Labute approximate surface area is 163 Å². The summed E-state index contributed by atoms with van der Waals surface area (Å²) in [5.41, 5.74) is 0.433. The SMILES string of the molecule is O=C(Nc1cc([N+](=O)[O-])ccc1F)c1ccc(CNC(=O)c2cccs2)cc1. The number of hydrogen-bond donors (Lipinski definition) is 2. The lowest BCUT2D eigenvalue weighted by Gasteiger charge is -2.08. The van der Waals surface area contributed by atoms with Gasteiger partial charge in [0, 0.05) is 24.2 Å². The van der Waals surface area contributed by atoms with Crippen molar-refractivity contribution in [3.8, 4) is 0 Å². The molecule has 0 atom stereocenters. The van der Waals surface area contributed by atoms with E-state index in [4.69, 9.17) is 0 Å². The van der Waals surface area contributed by atoms with E-state index in [0.717, 1.165) is 23.8 Å². The Kier molecular flexibility index (Phi) is 5.75. The number of rotatable bonds is 6. The van der Waals surface area contributed by atoms with Gasteiger partial charge in [-0.15, -0.1) is 11.3 Å². The highest BCUT2D eigenvalue weighted by Gasteiger charge is 2.14. The van der Waals surface area contributed by atoms with E-state index in [1.165, 1.54) is 23.5 Å². The maximum atomic E-state index is 13.8. The summed E-state index contributed by atoms with van der Waals surface area (Å²) in [7, 11) is 0. The van der Waals surface area contributed by atoms with E-state index in [1.807, 2.05) is 5.38 Å². The van der Waals surface area contributed by atoms with E-state index in [9.17, 15) is 24.1 Å². The van der Waals surface area contributed by atoms with Crippen LogP contribution in [0, 0.1) is 15.9 Å². The van der Waals surface area contributed by atoms with Crippen molar-refractivity contribution in [2.45, 2.75) is 6.54 Å². The molecule has 0 bridgehead atoms. The predicted octanol–water partition coefficient (Wildman–Crippen LogP) is 3.98. The third kappa shape index (κ3) is 4.57. The topological polar surface area (TPSA) is 101 Å². The summed E-state index contributed by atoms with van der Waals surface area (Å²) >= 11 is 1.34. The van der Waals surface area contributed by atoms with Crippen molar-refractivity contribution in [2.24, 2.45) is 0 Å². The maximum absolute atomic E-state index is 13.8. The summed E-state index contributed by atoms with van der Waals surface area (Å²) < 4.78 is 13.8. The Balaban J connectivity index is 1.63. The van der Waals surface area contributed by atoms with Gasteiger partial charge in [-0.25, -0.2) is 4.39 Å². The summed E-state index contributed by atoms with van der Waals surface area (Å²) in [6.45, 7) is 0.290. The molecule has 1 aromatic heterocycles. The molecular formula is C19H14FN3O4S. The summed E-state index contributed by atoms with van der Waals surface area (Å²) in [6, 6.07) is 12.8. The number of nitro benzene ring substituents is 1. The highest BCUT2D eigenvalue weighted by atomic mass is 32.1. The van der Waals surface area contributed by atoms with Crippen molar-refractivity contribution < 1.29 is 18.9 Å². The third-order valence-corrected chi connectivity index (χ3v) is 4.69. The minimum atomic E-state index is -0.771. The molecule has 3 rings (SSSR count). The molecule has 9 heteroatoms. The van der Waals surface area contributed by atoms with E-state index in [2.05, 4.69) is 10.6 Å². The van der Waals surface area contributed by atoms with Crippen LogP contribution in [0.25, 0.3) is 0 Å². The lowest BCUT2D eigenvalue weighted by molar-refractivity contribution is -0.384. The molecule has 2 N–H and O–H groups in total. The van der Waals surface area contributed by atoms with Gasteiger partial charge < -0.3 is 10.6 Å². The molecule has 0 spiro atoms. The van der Waals surface area contributed by atoms with E-state index < -0.39 is 16.6 Å². The molecule has 2 amide bonds. The van der Waals surface area contributed by atoms with Crippen molar-refractivity contribution in [1.82, 2.24) is 5.32 Å². The molecule has 0 saturated heterocycles. The summed E-state index contributed by atoms with van der Waals surface area (Å²) in [4.78, 5) is 34.9. The number of amides is 2. The number of anilines is 1. The Hall–Kier alpha value is -3.59. The zero-order valence-corrected chi connectivity index (χ0v) is 15.2. The first kappa shape index (κ1) is 19.2. The van der Waals surface area contributed by atoms with Crippen molar-refractivity contribution in [1.29, 1.82) is 0 Å². The largest absolute Gasteiger partial charge is 0.347 e. The average Bonchev–Trinajstić information content (AvgIpc) is 3.23. The Morgan fingerprint density at radius 3 is 2.46 bits per heavy atom. The van der Waals surface area contributed by atoms with Crippen LogP contribution in [-0.2, 0) is 6.54 Å². The van der Waals surface area contributed by atoms with Gasteiger partial charge in [0.1, 0.15) is 5.82 Å². The van der Waals surface area contributed by atoms with Crippen molar-refractivity contribution in [3.05, 3.63) is 91.9 Å². The molecule has 0 fully saturated rings. The second-order valence-electron chi connectivity index (χ2n) is 5.73. The van der Waals surface area contributed by atoms with E-state index in [0.29, 0.717) is 4.88 Å². The molecule has 7 nitrogen and oxygen atoms in total. The lowest BCUT2D eigenvalue weighted by Crippen LogP contribution is -2.21. The van der Waals surface area contributed by atoms with Crippen LogP contribution in [0.15, 0.2) is 60.0 Å². The van der Waals surface area contributed by atoms with Crippen LogP contribution in [0.2, 0.25) is 0 Å².